The highest BCUT2D eigenvalue weighted by Gasteiger charge is 2.11. The van der Waals surface area contributed by atoms with Gasteiger partial charge in [-0.2, -0.15) is 0 Å². The highest BCUT2D eigenvalue weighted by Crippen LogP contribution is 1.99. The Morgan fingerprint density at radius 2 is 2.18 bits per heavy atom. The van der Waals surface area contributed by atoms with Crippen molar-refractivity contribution in [1.29, 1.82) is 0 Å². The molecule has 0 amide bonds. The normalized spacial score (nSPS) is 12.4. The number of ether oxygens (including phenoxy) is 2. The molecular formula is C11H15NO5. The van der Waals surface area contributed by atoms with Crippen LogP contribution in [0.1, 0.15) is 10.4 Å². The largest absolute Gasteiger partial charge is 0.478 e. The van der Waals surface area contributed by atoms with E-state index in [1.807, 2.05) is 0 Å². The van der Waals surface area contributed by atoms with Gasteiger partial charge >= 0.3 is 5.97 Å². The molecule has 1 aromatic heterocycles. The van der Waals surface area contributed by atoms with E-state index >= 15 is 0 Å². The summed E-state index contributed by atoms with van der Waals surface area (Å²) in [5.41, 5.74) is -0.204. The Bertz CT molecular complexity index is 440. The fraction of sp³-hybridized carbons (Fsp3) is 0.455. The molecular weight excluding hydrogens is 226 g/mol. The van der Waals surface area contributed by atoms with Crippen molar-refractivity contribution in [3.8, 4) is 0 Å². The third-order valence-electron chi connectivity index (χ3n) is 2.32. The first-order chi connectivity index (χ1) is 8.08. The van der Waals surface area contributed by atoms with E-state index in [1.165, 1.54) is 37.1 Å². The van der Waals surface area contributed by atoms with Crippen LogP contribution in [-0.2, 0) is 16.0 Å². The predicted molar refractivity (Wildman–Crippen MR) is 60.3 cm³/mol. The van der Waals surface area contributed by atoms with Crippen LogP contribution in [0.2, 0.25) is 0 Å². The number of carbonyl (C=O) groups is 1. The summed E-state index contributed by atoms with van der Waals surface area (Å²) in [6, 6.07) is 2.50. The Labute approximate surface area is 98.4 Å². The molecule has 6 heteroatoms. The van der Waals surface area contributed by atoms with Crippen LogP contribution in [0.15, 0.2) is 23.1 Å². The van der Waals surface area contributed by atoms with Crippen LogP contribution in [-0.4, -0.2) is 42.6 Å². The number of hydrogen-bond donors (Lipinski definition) is 1. The van der Waals surface area contributed by atoms with Gasteiger partial charge in [-0.1, -0.05) is 0 Å². The standard InChI is InChI=1S/C11H15NO5/c1-16-7-9(17-2)6-12-5-8(11(14)15)3-4-10(12)13/h3-5,9H,6-7H2,1-2H3,(H,14,15). The van der Waals surface area contributed by atoms with Gasteiger partial charge in [0.2, 0.25) is 0 Å². The average Bonchev–Trinajstić information content (AvgIpc) is 2.30. The second-order valence-corrected chi connectivity index (χ2v) is 3.53. The van der Waals surface area contributed by atoms with Crippen LogP contribution in [0.5, 0.6) is 0 Å². The zero-order valence-electron chi connectivity index (χ0n) is 9.75. The fourth-order valence-corrected chi connectivity index (χ4v) is 1.40. The number of hydrogen-bond acceptors (Lipinski definition) is 4. The predicted octanol–water partition coefficient (Wildman–Crippen LogP) is 0.208. The van der Waals surface area contributed by atoms with Gasteiger partial charge < -0.3 is 19.1 Å². The number of carboxylic acids is 1. The smallest absolute Gasteiger partial charge is 0.337 e. The number of methoxy groups -OCH3 is 2. The monoisotopic (exact) mass is 241 g/mol. The van der Waals surface area contributed by atoms with Crippen molar-refractivity contribution >= 4 is 5.97 Å². The Hall–Kier alpha value is -1.66. The van der Waals surface area contributed by atoms with Gasteiger partial charge in [-0.15, -0.1) is 0 Å². The maximum atomic E-state index is 11.5. The highest BCUT2D eigenvalue weighted by molar-refractivity contribution is 5.87. The van der Waals surface area contributed by atoms with Gasteiger partial charge in [0.05, 0.1) is 24.8 Å². The van der Waals surface area contributed by atoms with Gasteiger partial charge in [0.1, 0.15) is 0 Å². The lowest BCUT2D eigenvalue weighted by atomic mass is 10.2. The average molecular weight is 241 g/mol. The molecule has 0 radical (unpaired) electrons. The van der Waals surface area contributed by atoms with Crippen molar-refractivity contribution in [2.75, 3.05) is 20.8 Å². The molecule has 0 fully saturated rings. The second kappa shape index (κ2) is 6.17. The van der Waals surface area contributed by atoms with Gasteiger partial charge in [0.25, 0.3) is 5.56 Å². The molecule has 1 aromatic rings. The number of rotatable bonds is 6. The van der Waals surface area contributed by atoms with E-state index in [1.54, 1.807) is 0 Å². The van der Waals surface area contributed by atoms with E-state index < -0.39 is 5.97 Å². The minimum absolute atomic E-state index is 0.0665. The molecule has 17 heavy (non-hydrogen) atoms. The third kappa shape index (κ3) is 3.69. The highest BCUT2D eigenvalue weighted by atomic mass is 16.5. The van der Waals surface area contributed by atoms with E-state index in [9.17, 15) is 9.59 Å². The summed E-state index contributed by atoms with van der Waals surface area (Å²) in [6.45, 7) is 0.588. The van der Waals surface area contributed by atoms with E-state index in [0.717, 1.165) is 0 Å². The number of nitrogens with zero attached hydrogens (tertiary/aromatic N) is 1. The lowest BCUT2D eigenvalue weighted by molar-refractivity contribution is 0.0177. The zero-order valence-corrected chi connectivity index (χ0v) is 9.75. The zero-order chi connectivity index (χ0) is 12.8. The summed E-state index contributed by atoms with van der Waals surface area (Å²) in [4.78, 5) is 22.3. The molecule has 1 atom stereocenters. The van der Waals surface area contributed by atoms with Crippen LogP contribution in [0.3, 0.4) is 0 Å². The van der Waals surface area contributed by atoms with Crippen molar-refractivity contribution < 1.29 is 19.4 Å². The molecule has 1 heterocycles. The van der Waals surface area contributed by atoms with Crippen molar-refractivity contribution in [2.45, 2.75) is 12.6 Å². The van der Waals surface area contributed by atoms with E-state index in [-0.39, 0.29) is 23.8 Å². The number of carboxylic acid groups (broad SMARTS) is 1. The molecule has 0 aliphatic heterocycles. The fourth-order valence-electron chi connectivity index (χ4n) is 1.40. The van der Waals surface area contributed by atoms with Gasteiger partial charge in [0.15, 0.2) is 0 Å². The Kier molecular flexibility index (Phi) is 4.86. The SMILES string of the molecule is COCC(Cn1cc(C(=O)O)ccc1=O)OC. The lowest BCUT2D eigenvalue weighted by Gasteiger charge is -2.15. The molecule has 6 nitrogen and oxygen atoms in total. The Balaban J connectivity index is 2.92. The quantitative estimate of drug-likeness (QED) is 0.770. The lowest BCUT2D eigenvalue weighted by Crippen LogP contribution is -2.30. The van der Waals surface area contributed by atoms with E-state index in [4.69, 9.17) is 14.6 Å². The van der Waals surface area contributed by atoms with Crippen LogP contribution in [0.25, 0.3) is 0 Å². The molecule has 94 valence electrons. The molecule has 0 saturated carbocycles. The summed E-state index contributed by atoms with van der Waals surface area (Å²) in [7, 11) is 3.04. The molecule has 0 aromatic carbocycles. The Morgan fingerprint density at radius 1 is 1.47 bits per heavy atom. The van der Waals surface area contributed by atoms with Crippen LogP contribution in [0.4, 0.5) is 0 Å². The molecule has 1 unspecified atom stereocenters. The molecule has 0 bridgehead atoms. The number of aromatic carboxylic acids is 1. The maximum absolute atomic E-state index is 11.5. The van der Waals surface area contributed by atoms with Gasteiger partial charge in [-0.05, 0) is 6.07 Å². The summed E-state index contributed by atoms with van der Waals surface area (Å²) < 4.78 is 11.3. The minimum Gasteiger partial charge on any atom is -0.478 e. The van der Waals surface area contributed by atoms with E-state index in [0.29, 0.717) is 6.61 Å². The third-order valence-corrected chi connectivity index (χ3v) is 2.32. The number of pyridine rings is 1. The van der Waals surface area contributed by atoms with Crippen molar-refractivity contribution in [1.82, 2.24) is 4.57 Å². The van der Waals surface area contributed by atoms with Crippen LogP contribution >= 0.6 is 0 Å². The van der Waals surface area contributed by atoms with Crippen molar-refractivity contribution in [3.63, 3.8) is 0 Å². The van der Waals surface area contributed by atoms with Gasteiger partial charge in [-0.25, -0.2) is 4.79 Å². The molecule has 0 spiro atoms. The second-order valence-electron chi connectivity index (χ2n) is 3.53. The first-order valence-corrected chi connectivity index (χ1v) is 5.04. The molecule has 0 saturated heterocycles. The first-order valence-electron chi connectivity index (χ1n) is 5.04. The molecule has 1 rings (SSSR count). The minimum atomic E-state index is -1.07. The Morgan fingerprint density at radius 3 is 2.71 bits per heavy atom. The topological polar surface area (TPSA) is 77.8 Å². The summed E-state index contributed by atoms with van der Waals surface area (Å²) in [6.07, 6.45) is 1.01. The van der Waals surface area contributed by atoms with E-state index in [2.05, 4.69) is 0 Å². The first kappa shape index (κ1) is 13.4. The van der Waals surface area contributed by atoms with Gasteiger partial charge in [0, 0.05) is 26.5 Å². The molecule has 1 N–H and O–H groups in total. The molecule has 0 aliphatic carbocycles. The van der Waals surface area contributed by atoms with Gasteiger partial charge in [-0.3, -0.25) is 4.79 Å². The van der Waals surface area contributed by atoms with Crippen molar-refractivity contribution in [3.05, 3.63) is 34.2 Å². The van der Waals surface area contributed by atoms with Crippen LogP contribution in [0, 0.1) is 0 Å². The van der Waals surface area contributed by atoms with Crippen LogP contribution < -0.4 is 5.56 Å². The number of aromatic nitrogens is 1. The molecule has 0 aliphatic rings. The summed E-state index contributed by atoms with van der Waals surface area (Å²) in [5.74, 6) is -1.07. The summed E-state index contributed by atoms with van der Waals surface area (Å²) >= 11 is 0. The van der Waals surface area contributed by atoms with Crippen molar-refractivity contribution in [2.24, 2.45) is 0 Å². The maximum Gasteiger partial charge on any atom is 0.337 e. The summed E-state index contributed by atoms with van der Waals surface area (Å²) in [5, 5.41) is 8.82.